The van der Waals surface area contributed by atoms with Crippen molar-refractivity contribution in [1.82, 2.24) is 4.90 Å². The zero-order chi connectivity index (χ0) is 12.0. The van der Waals surface area contributed by atoms with Crippen molar-refractivity contribution in [3.05, 3.63) is 23.7 Å². The van der Waals surface area contributed by atoms with Crippen LogP contribution in [-0.4, -0.2) is 35.6 Å². The van der Waals surface area contributed by atoms with Crippen LogP contribution in [0.1, 0.15) is 29.7 Å². The SMILES string of the molecule is CCN(CCCO)C(=O)c1ccc(CN)o1. The van der Waals surface area contributed by atoms with E-state index in [1.165, 1.54) is 0 Å². The van der Waals surface area contributed by atoms with Crippen molar-refractivity contribution in [2.75, 3.05) is 19.7 Å². The van der Waals surface area contributed by atoms with Crippen LogP contribution in [0.3, 0.4) is 0 Å². The smallest absolute Gasteiger partial charge is 0.289 e. The van der Waals surface area contributed by atoms with E-state index in [0.29, 0.717) is 31.0 Å². The fraction of sp³-hybridized carbons (Fsp3) is 0.545. The molecule has 1 aromatic rings. The topological polar surface area (TPSA) is 79.7 Å². The van der Waals surface area contributed by atoms with Crippen molar-refractivity contribution < 1.29 is 14.3 Å². The maximum atomic E-state index is 11.9. The van der Waals surface area contributed by atoms with Crippen LogP contribution in [0, 0.1) is 0 Å². The first-order valence-corrected chi connectivity index (χ1v) is 5.41. The minimum absolute atomic E-state index is 0.0793. The summed E-state index contributed by atoms with van der Waals surface area (Å²) in [4.78, 5) is 13.6. The molecule has 1 aromatic heterocycles. The lowest BCUT2D eigenvalue weighted by Crippen LogP contribution is -2.31. The number of hydrogen-bond donors (Lipinski definition) is 2. The van der Waals surface area contributed by atoms with E-state index in [9.17, 15) is 4.79 Å². The molecule has 5 heteroatoms. The number of carbonyl (C=O) groups excluding carboxylic acids is 1. The Hall–Kier alpha value is -1.33. The second-order valence-electron chi connectivity index (χ2n) is 3.43. The minimum Gasteiger partial charge on any atom is -0.455 e. The molecule has 16 heavy (non-hydrogen) atoms. The van der Waals surface area contributed by atoms with Crippen LogP contribution in [0.5, 0.6) is 0 Å². The van der Waals surface area contributed by atoms with Gasteiger partial charge in [0.1, 0.15) is 5.76 Å². The largest absolute Gasteiger partial charge is 0.455 e. The molecule has 0 saturated carbocycles. The molecule has 1 heterocycles. The van der Waals surface area contributed by atoms with Gasteiger partial charge in [0.2, 0.25) is 0 Å². The standard InChI is InChI=1S/C11H18N2O3/c1-2-13(6-3-7-14)11(15)10-5-4-9(8-12)16-10/h4-5,14H,2-3,6-8,12H2,1H3. The van der Waals surface area contributed by atoms with E-state index in [0.717, 1.165) is 0 Å². The molecule has 90 valence electrons. The number of rotatable bonds is 6. The van der Waals surface area contributed by atoms with Crippen molar-refractivity contribution in [1.29, 1.82) is 0 Å². The van der Waals surface area contributed by atoms with Crippen LogP contribution in [0.15, 0.2) is 16.5 Å². The number of hydrogen-bond acceptors (Lipinski definition) is 4. The van der Waals surface area contributed by atoms with E-state index in [2.05, 4.69) is 0 Å². The minimum atomic E-state index is -0.157. The zero-order valence-electron chi connectivity index (χ0n) is 9.48. The normalized spacial score (nSPS) is 10.4. The average molecular weight is 226 g/mol. The van der Waals surface area contributed by atoms with Gasteiger partial charge in [-0.05, 0) is 25.5 Å². The van der Waals surface area contributed by atoms with E-state index >= 15 is 0 Å². The van der Waals surface area contributed by atoms with E-state index in [1.54, 1.807) is 17.0 Å². The molecule has 0 aliphatic heterocycles. The molecule has 1 rings (SSSR count). The van der Waals surface area contributed by atoms with Gasteiger partial charge in [0, 0.05) is 19.7 Å². The molecular formula is C11H18N2O3. The Labute approximate surface area is 94.8 Å². The van der Waals surface area contributed by atoms with Crippen molar-refractivity contribution in [3.63, 3.8) is 0 Å². The lowest BCUT2D eigenvalue weighted by molar-refractivity contribution is 0.0720. The lowest BCUT2D eigenvalue weighted by atomic mass is 10.3. The third kappa shape index (κ3) is 3.08. The summed E-state index contributed by atoms with van der Waals surface area (Å²) >= 11 is 0. The van der Waals surface area contributed by atoms with Crippen LogP contribution in [0.4, 0.5) is 0 Å². The molecule has 0 bridgehead atoms. The van der Waals surface area contributed by atoms with Gasteiger partial charge in [-0.1, -0.05) is 0 Å². The molecule has 0 unspecified atom stereocenters. The van der Waals surface area contributed by atoms with E-state index < -0.39 is 0 Å². The summed E-state index contributed by atoms with van der Waals surface area (Å²) in [5.41, 5.74) is 5.40. The van der Waals surface area contributed by atoms with Gasteiger partial charge in [-0.3, -0.25) is 4.79 Å². The van der Waals surface area contributed by atoms with Crippen LogP contribution in [0.2, 0.25) is 0 Å². The maximum absolute atomic E-state index is 11.9. The number of amides is 1. The Morgan fingerprint density at radius 3 is 2.81 bits per heavy atom. The van der Waals surface area contributed by atoms with Crippen molar-refractivity contribution >= 4 is 5.91 Å². The summed E-state index contributed by atoms with van der Waals surface area (Å²) < 4.78 is 5.28. The molecule has 3 N–H and O–H groups in total. The third-order valence-electron chi connectivity index (χ3n) is 2.33. The monoisotopic (exact) mass is 226 g/mol. The molecular weight excluding hydrogens is 208 g/mol. The lowest BCUT2D eigenvalue weighted by Gasteiger charge is -2.18. The molecule has 0 aromatic carbocycles. The summed E-state index contributed by atoms with van der Waals surface area (Å²) in [6.45, 7) is 3.38. The number of nitrogens with zero attached hydrogens (tertiary/aromatic N) is 1. The number of carbonyl (C=O) groups is 1. The second-order valence-corrected chi connectivity index (χ2v) is 3.43. The highest BCUT2D eigenvalue weighted by Gasteiger charge is 2.17. The fourth-order valence-corrected chi connectivity index (χ4v) is 1.42. The molecule has 1 amide bonds. The highest BCUT2D eigenvalue weighted by atomic mass is 16.4. The first-order valence-electron chi connectivity index (χ1n) is 5.41. The number of nitrogens with two attached hydrogens (primary N) is 1. The first kappa shape index (κ1) is 12.7. The summed E-state index contributed by atoms with van der Waals surface area (Å²) in [5, 5.41) is 8.73. The van der Waals surface area contributed by atoms with E-state index in [1.807, 2.05) is 6.92 Å². The fourth-order valence-electron chi connectivity index (χ4n) is 1.42. The molecule has 0 aliphatic rings. The Kier molecular flexibility index (Phi) is 5.01. The Bertz CT molecular complexity index is 336. The van der Waals surface area contributed by atoms with Crippen molar-refractivity contribution in [2.24, 2.45) is 5.73 Å². The maximum Gasteiger partial charge on any atom is 0.289 e. The predicted molar refractivity (Wildman–Crippen MR) is 59.9 cm³/mol. The van der Waals surface area contributed by atoms with Crippen LogP contribution >= 0.6 is 0 Å². The van der Waals surface area contributed by atoms with Crippen LogP contribution < -0.4 is 5.73 Å². The predicted octanol–water partition coefficient (Wildman–Crippen LogP) is 0.583. The van der Waals surface area contributed by atoms with Crippen molar-refractivity contribution in [2.45, 2.75) is 19.9 Å². The molecule has 0 atom stereocenters. The van der Waals surface area contributed by atoms with Crippen molar-refractivity contribution in [3.8, 4) is 0 Å². The zero-order valence-corrected chi connectivity index (χ0v) is 9.48. The van der Waals surface area contributed by atoms with Gasteiger partial charge in [0.25, 0.3) is 5.91 Å². The number of aliphatic hydroxyl groups is 1. The second kappa shape index (κ2) is 6.30. The van der Waals surface area contributed by atoms with E-state index in [-0.39, 0.29) is 19.1 Å². The summed E-state index contributed by atoms with van der Waals surface area (Å²) in [6.07, 6.45) is 0.573. The van der Waals surface area contributed by atoms with Gasteiger partial charge in [-0.15, -0.1) is 0 Å². The van der Waals surface area contributed by atoms with Crippen LogP contribution in [0.25, 0.3) is 0 Å². The molecule has 0 fully saturated rings. The first-order chi connectivity index (χ1) is 7.72. The molecule has 0 aliphatic carbocycles. The highest BCUT2D eigenvalue weighted by molar-refractivity contribution is 5.91. The third-order valence-corrected chi connectivity index (χ3v) is 2.33. The molecule has 0 saturated heterocycles. The Morgan fingerprint density at radius 2 is 2.31 bits per heavy atom. The van der Waals surface area contributed by atoms with E-state index in [4.69, 9.17) is 15.3 Å². The van der Waals surface area contributed by atoms with Gasteiger partial charge in [0.05, 0.1) is 6.54 Å². The van der Waals surface area contributed by atoms with Gasteiger partial charge in [0.15, 0.2) is 5.76 Å². The Morgan fingerprint density at radius 1 is 1.56 bits per heavy atom. The average Bonchev–Trinajstić information content (AvgIpc) is 2.78. The molecule has 5 nitrogen and oxygen atoms in total. The van der Waals surface area contributed by atoms with Crippen LogP contribution in [-0.2, 0) is 6.54 Å². The molecule has 0 spiro atoms. The summed E-state index contributed by atoms with van der Waals surface area (Å²) in [5.74, 6) is 0.748. The highest BCUT2D eigenvalue weighted by Crippen LogP contribution is 2.10. The van der Waals surface area contributed by atoms with Gasteiger partial charge < -0.3 is 20.2 Å². The van der Waals surface area contributed by atoms with Gasteiger partial charge in [-0.2, -0.15) is 0 Å². The number of furan rings is 1. The quantitative estimate of drug-likeness (QED) is 0.743. The van der Waals surface area contributed by atoms with Gasteiger partial charge >= 0.3 is 0 Å². The summed E-state index contributed by atoms with van der Waals surface area (Å²) in [6, 6.07) is 3.33. The summed E-state index contributed by atoms with van der Waals surface area (Å²) in [7, 11) is 0. The number of aliphatic hydroxyl groups excluding tert-OH is 1. The Balaban J connectivity index is 2.66. The molecule has 0 radical (unpaired) electrons. The van der Waals surface area contributed by atoms with Gasteiger partial charge in [-0.25, -0.2) is 0 Å².